The van der Waals surface area contributed by atoms with E-state index in [9.17, 15) is 9.90 Å². The lowest BCUT2D eigenvalue weighted by Gasteiger charge is -2.33. The van der Waals surface area contributed by atoms with Crippen LogP contribution in [0.3, 0.4) is 0 Å². The molecule has 2 aliphatic carbocycles. The van der Waals surface area contributed by atoms with E-state index in [0.717, 1.165) is 17.0 Å². The summed E-state index contributed by atoms with van der Waals surface area (Å²) in [4.78, 5) is 12.8. The second kappa shape index (κ2) is 7.27. The zero-order valence-corrected chi connectivity index (χ0v) is 15.9. The Morgan fingerprint density at radius 1 is 1.33 bits per heavy atom. The van der Waals surface area contributed by atoms with Crippen LogP contribution in [0.15, 0.2) is 24.3 Å². The lowest BCUT2D eigenvalue weighted by atomic mass is 9.85. The fourth-order valence-corrected chi connectivity index (χ4v) is 5.40. The molecule has 1 aromatic carbocycles. The van der Waals surface area contributed by atoms with E-state index >= 15 is 0 Å². The van der Waals surface area contributed by atoms with E-state index in [1.807, 2.05) is 38.1 Å². The average Bonchev–Trinajstić information content (AvgIpc) is 3.15. The van der Waals surface area contributed by atoms with Gasteiger partial charge in [0.2, 0.25) is 5.91 Å². The van der Waals surface area contributed by atoms with Crippen molar-refractivity contribution in [1.82, 2.24) is 5.32 Å². The Balaban J connectivity index is 1.60. The van der Waals surface area contributed by atoms with Crippen LogP contribution in [0.25, 0.3) is 0 Å². The van der Waals surface area contributed by atoms with E-state index in [1.165, 1.54) is 12.8 Å². The van der Waals surface area contributed by atoms with Gasteiger partial charge in [-0.25, -0.2) is 0 Å². The molecule has 2 saturated carbocycles. The number of hydrogen-bond acceptors (Lipinski definition) is 3. The third kappa shape index (κ3) is 3.61. The molecule has 0 saturated heterocycles. The average molecular weight is 368 g/mol. The minimum absolute atomic E-state index is 0.0653. The summed E-state index contributed by atoms with van der Waals surface area (Å²) >= 11 is 7.82. The topological polar surface area (TPSA) is 49.3 Å². The van der Waals surface area contributed by atoms with Crippen LogP contribution in [-0.2, 0) is 10.5 Å². The number of thioether (sulfide) groups is 1. The molecule has 24 heavy (non-hydrogen) atoms. The summed E-state index contributed by atoms with van der Waals surface area (Å²) in [7, 11) is 0. The molecule has 2 aliphatic rings. The molecule has 132 valence electrons. The summed E-state index contributed by atoms with van der Waals surface area (Å²) in [5, 5.41) is 13.7. The van der Waals surface area contributed by atoms with Gasteiger partial charge >= 0.3 is 0 Å². The number of halogens is 1. The van der Waals surface area contributed by atoms with Crippen LogP contribution in [0.2, 0.25) is 5.02 Å². The van der Waals surface area contributed by atoms with E-state index in [4.69, 9.17) is 11.6 Å². The van der Waals surface area contributed by atoms with E-state index in [2.05, 4.69) is 5.32 Å². The minimum Gasteiger partial charge on any atom is -0.396 e. The maximum atomic E-state index is 12.8. The minimum atomic E-state index is -0.527. The fourth-order valence-electron chi connectivity index (χ4n) is 4.16. The predicted molar refractivity (Wildman–Crippen MR) is 100 cm³/mol. The monoisotopic (exact) mass is 367 g/mol. The number of nitrogens with one attached hydrogen (secondary N) is 1. The lowest BCUT2D eigenvalue weighted by Crippen LogP contribution is -2.50. The number of aliphatic hydroxyl groups is 1. The van der Waals surface area contributed by atoms with Gasteiger partial charge in [0.05, 0.1) is 4.75 Å². The van der Waals surface area contributed by atoms with Crippen LogP contribution in [0.5, 0.6) is 0 Å². The van der Waals surface area contributed by atoms with Crippen molar-refractivity contribution < 1.29 is 9.90 Å². The summed E-state index contributed by atoms with van der Waals surface area (Å²) in [6.45, 7) is 4.11. The second-order valence-corrected chi connectivity index (χ2v) is 9.57. The molecule has 4 unspecified atom stereocenters. The normalized spacial score (nSPS) is 29.0. The van der Waals surface area contributed by atoms with Crippen LogP contribution < -0.4 is 5.32 Å². The quantitative estimate of drug-likeness (QED) is 0.802. The number of fused-ring (bicyclic) bond motifs is 2. The third-order valence-corrected chi connectivity index (χ3v) is 7.42. The number of carbonyl (C=O) groups is 1. The summed E-state index contributed by atoms with van der Waals surface area (Å²) < 4.78 is -0.527. The molecule has 0 aliphatic heterocycles. The first-order chi connectivity index (χ1) is 11.4. The van der Waals surface area contributed by atoms with Crippen LogP contribution >= 0.6 is 23.4 Å². The Kier molecular flexibility index (Phi) is 5.48. The number of carbonyl (C=O) groups excluding carboxylic acids is 1. The standard InChI is InChI=1S/C19H26ClNO2S/c1-19(2,24-11-14-5-3-4-6-16(14)20)18(23)21-17-13-8-7-12(9-13)15(17)10-22/h3-6,12-13,15,17,22H,7-11H2,1-2H3,(H,21,23). The molecule has 0 aromatic heterocycles. The largest absolute Gasteiger partial charge is 0.396 e. The molecule has 0 spiro atoms. The molecule has 1 amide bonds. The predicted octanol–water partition coefficient (Wildman–Crippen LogP) is 3.88. The molecule has 1 aromatic rings. The second-order valence-electron chi connectivity index (χ2n) is 7.57. The SMILES string of the molecule is CC(C)(SCc1ccccc1Cl)C(=O)NC1C2CCC(C2)C1CO. The van der Waals surface area contributed by atoms with Gasteiger partial charge in [-0.15, -0.1) is 11.8 Å². The molecule has 5 heteroatoms. The number of benzene rings is 1. The van der Waals surface area contributed by atoms with Crippen molar-refractivity contribution in [3.63, 3.8) is 0 Å². The van der Waals surface area contributed by atoms with Gasteiger partial charge in [-0.2, -0.15) is 0 Å². The zero-order valence-electron chi connectivity index (χ0n) is 14.3. The Labute approximate surface area is 153 Å². The lowest BCUT2D eigenvalue weighted by molar-refractivity contribution is -0.124. The first kappa shape index (κ1) is 18.1. The summed E-state index contributed by atoms with van der Waals surface area (Å²) in [6.07, 6.45) is 3.54. The first-order valence-corrected chi connectivity index (χ1v) is 10.1. The van der Waals surface area contributed by atoms with Gasteiger partial charge in [0.1, 0.15) is 0 Å². The van der Waals surface area contributed by atoms with Gasteiger partial charge in [0, 0.05) is 29.3 Å². The summed E-state index contributed by atoms with van der Waals surface area (Å²) in [5.41, 5.74) is 1.05. The van der Waals surface area contributed by atoms with Crippen molar-refractivity contribution in [2.75, 3.05) is 6.61 Å². The van der Waals surface area contributed by atoms with E-state index in [-0.39, 0.29) is 24.5 Å². The van der Waals surface area contributed by atoms with Crippen molar-refractivity contribution in [3.05, 3.63) is 34.9 Å². The van der Waals surface area contributed by atoms with Gasteiger partial charge in [-0.1, -0.05) is 29.8 Å². The van der Waals surface area contributed by atoms with Gasteiger partial charge in [-0.3, -0.25) is 4.79 Å². The molecule has 0 heterocycles. The molecule has 3 nitrogen and oxygen atoms in total. The van der Waals surface area contributed by atoms with Crippen molar-refractivity contribution in [3.8, 4) is 0 Å². The number of amides is 1. The van der Waals surface area contributed by atoms with Crippen molar-refractivity contribution in [1.29, 1.82) is 0 Å². The van der Waals surface area contributed by atoms with Gasteiger partial charge < -0.3 is 10.4 Å². The van der Waals surface area contributed by atoms with E-state index < -0.39 is 4.75 Å². The molecule has 2 N–H and O–H groups in total. The smallest absolute Gasteiger partial charge is 0.235 e. The van der Waals surface area contributed by atoms with Gasteiger partial charge in [-0.05, 0) is 56.6 Å². The highest BCUT2D eigenvalue weighted by Gasteiger charge is 2.48. The Bertz CT molecular complexity index is 607. The van der Waals surface area contributed by atoms with Crippen LogP contribution in [0.4, 0.5) is 0 Å². The van der Waals surface area contributed by atoms with Crippen molar-refractivity contribution in [2.24, 2.45) is 17.8 Å². The maximum Gasteiger partial charge on any atom is 0.235 e. The Morgan fingerprint density at radius 3 is 2.75 bits per heavy atom. The number of rotatable bonds is 6. The molecule has 2 bridgehead atoms. The van der Waals surface area contributed by atoms with Crippen LogP contribution in [-0.4, -0.2) is 28.4 Å². The summed E-state index contributed by atoms with van der Waals surface area (Å²) in [5.74, 6) is 2.14. The summed E-state index contributed by atoms with van der Waals surface area (Å²) in [6, 6.07) is 7.91. The first-order valence-electron chi connectivity index (χ1n) is 8.71. The molecular weight excluding hydrogens is 342 g/mol. The highest BCUT2D eigenvalue weighted by Crippen LogP contribution is 2.48. The molecule has 0 radical (unpaired) electrons. The maximum absolute atomic E-state index is 12.8. The molecule has 3 rings (SSSR count). The van der Waals surface area contributed by atoms with Gasteiger partial charge in [0.15, 0.2) is 0 Å². The highest BCUT2D eigenvalue weighted by molar-refractivity contribution is 8.00. The Morgan fingerprint density at radius 2 is 2.04 bits per heavy atom. The van der Waals surface area contributed by atoms with Crippen LogP contribution in [0, 0.1) is 17.8 Å². The van der Waals surface area contributed by atoms with E-state index in [1.54, 1.807) is 11.8 Å². The third-order valence-electron chi connectivity index (χ3n) is 5.69. The zero-order chi connectivity index (χ0) is 17.3. The molecule has 4 atom stereocenters. The highest BCUT2D eigenvalue weighted by atomic mass is 35.5. The molecule has 2 fully saturated rings. The Hall–Kier alpha value is -0.710. The van der Waals surface area contributed by atoms with Crippen molar-refractivity contribution in [2.45, 2.75) is 49.7 Å². The van der Waals surface area contributed by atoms with E-state index in [0.29, 0.717) is 17.6 Å². The van der Waals surface area contributed by atoms with Gasteiger partial charge in [0.25, 0.3) is 0 Å². The van der Waals surface area contributed by atoms with Crippen LogP contribution in [0.1, 0.15) is 38.7 Å². The molecular formula is C19H26ClNO2S. The van der Waals surface area contributed by atoms with Crippen molar-refractivity contribution >= 4 is 29.3 Å². The number of hydrogen-bond donors (Lipinski definition) is 2. The number of aliphatic hydroxyl groups excluding tert-OH is 1. The fraction of sp³-hybridized carbons (Fsp3) is 0.632.